The Morgan fingerprint density at radius 1 is 1.00 bits per heavy atom. The first-order chi connectivity index (χ1) is 10.3. The van der Waals surface area contributed by atoms with E-state index in [-0.39, 0.29) is 12.4 Å². The Hall–Kier alpha value is -2.62. The van der Waals surface area contributed by atoms with Crippen molar-refractivity contribution in [2.24, 2.45) is 0 Å². The molecule has 0 saturated carbocycles. The molecule has 0 amide bonds. The summed E-state index contributed by atoms with van der Waals surface area (Å²) in [6.07, 6.45) is 3.46. The summed E-state index contributed by atoms with van der Waals surface area (Å²) in [5.41, 5.74) is 1.70. The van der Waals surface area contributed by atoms with Gasteiger partial charge in [-0.2, -0.15) is 5.10 Å². The van der Waals surface area contributed by atoms with Crippen LogP contribution in [0.1, 0.15) is 11.1 Å². The van der Waals surface area contributed by atoms with Crippen molar-refractivity contribution in [2.75, 3.05) is 0 Å². The summed E-state index contributed by atoms with van der Waals surface area (Å²) in [7, 11) is 0. The number of nitrogens with zero attached hydrogens (tertiary/aromatic N) is 2. The second-order valence-electron chi connectivity index (χ2n) is 4.74. The van der Waals surface area contributed by atoms with Crippen LogP contribution < -0.4 is 4.74 Å². The molecule has 0 radical (unpaired) electrons. The lowest BCUT2D eigenvalue weighted by atomic mass is 10.2. The van der Waals surface area contributed by atoms with E-state index in [0.29, 0.717) is 17.9 Å². The van der Waals surface area contributed by atoms with E-state index in [0.717, 1.165) is 0 Å². The molecule has 0 saturated heterocycles. The predicted octanol–water partition coefficient (Wildman–Crippen LogP) is 3.65. The Morgan fingerprint density at radius 3 is 2.57 bits per heavy atom. The van der Waals surface area contributed by atoms with E-state index in [9.17, 15) is 4.39 Å². The fourth-order valence-electron chi connectivity index (χ4n) is 2.05. The van der Waals surface area contributed by atoms with Gasteiger partial charge in [0.15, 0.2) is 5.75 Å². The van der Waals surface area contributed by atoms with E-state index < -0.39 is 0 Å². The summed E-state index contributed by atoms with van der Waals surface area (Å²) >= 11 is 0. The zero-order chi connectivity index (χ0) is 14.5. The van der Waals surface area contributed by atoms with Crippen LogP contribution >= 0.6 is 0 Å². The number of aromatic nitrogens is 2. The first-order valence-corrected chi connectivity index (χ1v) is 6.74. The molecule has 0 aliphatic heterocycles. The molecule has 0 N–H and O–H groups in total. The average Bonchev–Trinajstić information content (AvgIpc) is 2.95. The van der Waals surface area contributed by atoms with Gasteiger partial charge in [0.25, 0.3) is 0 Å². The minimum Gasteiger partial charge on any atom is -0.486 e. The van der Waals surface area contributed by atoms with Gasteiger partial charge in [0.1, 0.15) is 12.4 Å². The molecule has 3 nitrogen and oxygen atoms in total. The van der Waals surface area contributed by atoms with Gasteiger partial charge in [0, 0.05) is 5.56 Å². The minimum atomic E-state index is -0.255. The number of rotatable bonds is 5. The highest BCUT2D eigenvalue weighted by molar-refractivity contribution is 5.20. The van der Waals surface area contributed by atoms with E-state index in [4.69, 9.17) is 4.74 Å². The van der Waals surface area contributed by atoms with Gasteiger partial charge in [-0.05, 0) is 11.6 Å². The third-order valence-electron chi connectivity index (χ3n) is 3.15. The summed E-state index contributed by atoms with van der Waals surface area (Å²) in [6, 6.07) is 16.7. The van der Waals surface area contributed by atoms with Crippen LogP contribution in [0.25, 0.3) is 0 Å². The number of benzene rings is 2. The first kappa shape index (κ1) is 13.4. The molecule has 0 bridgehead atoms. The quantitative estimate of drug-likeness (QED) is 0.714. The zero-order valence-corrected chi connectivity index (χ0v) is 11.4. The zero-order valence-electron chi connectivity index (χ0n) is 11.4. The van der Waals surface area contributed by atoms with Crippen LogP contribution in [-0.2, 0) is 13.2 Å². The first-order valence-electron chi connectivity index (χ1n) is 6.74. The molecular weight excluding hydrogens is 267 g/mol. The third-order valence-corrected chi connectivity index (χ3v) is 3.15. The molecule has 0 aliphatic rings. The maximum Gasteiger partial charge on any atom is 0.157 e. The number of hydrogen-bond donors (Lipinski definition) is 0. The molecule has 0 aliphatic carbocycles. The Labute approximate surface area is 122 Å². The lowest BCUT2D eigenvalue weighted by Gasteiger charge is -2.04. The van der Waals surface area contributed by atoms with E-state index in [1.165, 1.54) is 11.6 Å². The highest BCUT2D eigenvalue weighted by atomic mass is 19.1. The van der Waals surface area contributed by atoms with Crippen LogP contribution in [0.3, 0.4) is 0 Å². The minimum absolute atomic E-state index is 0.198. The fourth-order valence-corrected chi connectivity index (χ4v) is 2.05. The molecule has 1 aromatic heterocycles. The van der Waals surface area contributed by atoms with Gasteiger partial charge in [-0.3, -0.25) is 4.68 Å². The Balaban J connectivity index is 1.62. The van der Waals surface area contributed by atoms with Gasteiger partial charge in [0.05, 0.1) is 18.9 Å². The molecule has 3 rings (SSSR count). The smallest absolute Gasteiger partial charge is 0.157 e. The van der Waals surface area contributed by atoms with Crippen LogP contribution in [0, 0.1) is 5.82 Å². The molecule has 0 unspecified atom stereocenters. The van der Waals surface area contributed by atoms with E-state index in [2.05, 4.69) is 5.10 Å². The molecule has 0 fully saturated rings. The summed E-state index contributed by atoms with van der Waals surface area (Å²) in [5.74, 6) is 0.378. The lowest BCUT2D eigenvalue weighted by molar-refractivity contribution is 0.299. The molecule has 2 aromatic carbocycles. The normalized spacial score (nSPS) is 10.5. The van der Waals surface area contributed by atoms with Crippen molar-refractivity contribution >= 4 is 0 Å². The predicted molar refractivity (Wildman–Crippen MR) is 78.5 cm³/mol. The summed E-state index contributed by atoms with van der Waals surface area (Å²) < 4.78 is 20.8. The molecule has 3 aromatic rings. The highest BCUT2D eigenvalue weighted by Crippen LogP contribution is 2.14. The average molecular weight is 282 g/mol. The third kappa shape index (κ3) is 3.48. The number of ether oxygens (including phenoxy) is 1. The van der Waals surface area contributed by atoms with Crippen molar-refractivity contribution < 1.29 is 9.13 Å². The van der Waals surface area contributed by atoms with Crippen molar-refractivity contribution in [3.8, 4) is 5.75 Å². The van der Waals surface area contributed by atoms with Crippen molar-refractivity contribution in [2.45, 2.75) is 13.2 Å². The topological polar surface area (TPSA) is 27.1 Å². The standard InChI is InChI=1S/C17H15FN2O/c18-17-9-5-4-8-15(17)13-21-16-10-19-20(12-16)11-14-6-2-1-3-7-14/h1-10,12H,11,13H2. The number of halogens is 1. The summed E-state index contributed by atoms with van der Waals surface area (Å²) in [5, 5.41) is 4.24. The summed E-state index contributed by atoms with van der Waals surface area (Å²) in [6.45, 7) is 0.883. The Kier molecular flexibility index (Phi) is 3.96. The highest BCUT2D eigenvalue weighted by Gasteiger charge is 2.04. The summed E-state index contributed by atoms with van der Waals surface area (Å²) in [4.78, 5) is 0. The Bertz CT molecular complexity index is 710. The van der Waals surface area contributed by atoms with Crippen LogP contribution in [0.4, 0.5) is 4.39 Å². The molecule has 0 atom stereocenters. The van der Waals surface area contributed by atoms with Gasteiger partial charge in [-0.1, -0.05) is 48.5 Å². The van der Waals surface area contributed by atoms with Gasteiger partial charge >= 0.3 is 0 Å². The van der Waals surface area contributed by atoms with Crippen LogP contribution in [-0.4, -0.2) is 9.78 Å². The molecule has 21 heavy (non-hydrogen) atoms. The molecule has 1 heterocycles. The monoisotopic (exact) mass is 282 g/mol. The van der Waals surface area contributed by atoms with E-state index >= 15 is 0 Å². The van der Waals surface area contributed by atoms with Gasteiger partial charge in [0.2, 0.25) is 0 Å². The van der Waals surface area contributed by atoms with Gasteiger partial charge < -0.3 is 4.74 Å². The van der Waals surface area contributed by atoms with Gasteiger partial charge in [-0.15, -0.1) is 0 Å². The maximum atomic E-state index is 13.5. The second kappa shape index (κ2) is 6.22. The van der Waals surface area contributed by atoms with Crippen LogP contribution in [0.2, 0.25) is 0 Å². The maximum absolute atomic E-state index is 13.5. The molecule has 106 valence electrons. The van der Waals surface area contributed by atoms with Crippen LogP contribution in [0.5, 0.6) is 5.75 Å². The van der Waals surface area contributed by atoms with Gasteiger partial charge in [-0.25, -0.2) is 4.39 Å². The lowest BCUT2D eigenvalue weighted by Crippen LogP contribution is -2.00. The molecular formula is C17H15FN2O. The SMILES string of the molecule is Fc1ccccc1COc1cnn(Cc2ccccc2)c1. The second-order valence-corrected chi connectivity index (χ2v) is 4.74. The molecule has 4 heteroatoms. The fraction of sp³-hybridized carbons (Fsp3) is 0.118. The van der Waals surface area contributed by atoms with E-state index in [1.807, 2.05) is 36.5 Å². The van der Waals surface area contributed by atoms with Crippen molar-refractivity contribution in [3.05, 3.63) is 83.9 Å². The van der Waals surface area contributed by atoms with Crippen molar-refractivity contribution in [1.82, 2.24) is 9.78 Å². The van der Waals surface area contributed by atoms with E-state index in [1.54, 1.807) is 29.1 Å². The molecule has 0 spiro atoms. The Morgan fingerprint density at radius 2 is 1.76 bits per heavy atom. The van der Waals surface area contributed by atoms with Crippen molar-refractivity contribution in [3.63, 3.8) is 0 Å². The largest absolute Gasteiger partial charge is 0.486 e. The van der Waals surface area contributed by atoms with Crippen molar-refractivity contribution in [1.29, 1.82) is 0 Å². The number of hydrogen-bond acceptors (Lipinski definition) is 2. The van der Waals surface area contributed by atoms with Crippen LogP contribution in [0.15, 0.2) is 67.0 Å².